The summed E-state index contributed by atoms with van der Waals surface area (Å²) in [5.74, 6) is 0.275. The Labute approximate surface area is 88.7 Å². The zero-order valence-corrected chi connectivity index (χ0v) is 8.93. The van der Waals surface area contributed by atoms with Gasteiger partial charge in [0.05, 0.1) is 6.61 Å². The van der Waals surface area contributed by atoms with Crippen molar-refractivity contribution in [3.63, 3.8) is 0 Å². The number of ether oxygens (including phenoxy) is 1. The van der Waals surface area contributed by atoms with E-state index in [1.807, 2.05) is 0 Å². The Hall–Kier alpha value is -1.49. The second-order valence-corrected chi connectivity index (χ2v) is 3.16. The summed E-state index contributed by atoms with van der Waals surface area (Å²) >= 11 is 0. The molecule has 1 unspecified atom stereocenters. The maximum absolute atomic E-state index is 11.2. The van der Waals surface area contributed by atoms with Gasteiger partial charge in [-0.2, -0.15) is 0 Å². The summed E-state index contributed by atoms with van der Waals surface area (Å²) in [5.41, 5.74) is 6.40. The van der Waals surface area contributed by atoms with Crippen molar-refractivity contribution in [3.05, 3.63) is 23.8 Å². The third kappa shape index (κ3) is 3.63. The van der Waals surface area contributed by atoms with Gasteiger partial charge in [-0.3, -0.25) is 4.79 Å². The van der Waals surface area contributed by atoms with Crippen LogP contribution in [0.4, 0.5) is 0 Å². The molecule has 2 N–H and O–H groups in total. The topological polar surface area (TPSA) is 78.1 Å². The van der Waals surface area contributed by atoms with Crippen molar-refractivity contribution in [3.8, 4) is 0 Å². The van der Waals surface area contributed by atoms with Gasteiger partial charge in [-0.1, -0.05) is 0 Å². The van der Waals surface area contributed by atoms with E-state index in [2.05, 4.69) is 9.97 Å². The minimum absolute atomic E-state index is 0.343. The van der Waals surface area contributed by atoms with Crippen molar-refractivity contribution in [2.24, 2.45) is 5.73 Å². The van der Waals surface area contributed by atoms with Crippen LogP contribution in [0.2, 0.25) is 0 Å². The number of carbonyl (C=O) groups is 1. The van der Waals surface area contributed by atoms with E-state index >= 15 is 0 Å². The van der Waals surface area contributed by atoms with Gasteiger partial charge in [0.1, 0.15) is 11.9 Å². The monoisotopic (exact) mass is 209 g/mol. The van der Waals surface area contributed by atoms with Gasteiger partial charge in [-0.15, -0.1) is 0 Å². The van der Waals surface area contributed by atoms with Crippen LogP contribution in [0.3, 0.4) is 0 Å². The molecule has 5 heteroatoms. The third-order valence-corrected chi connectivity index (χ3v) is 1.85. The quantitative estimate of drug-likeness (QED) is 0.717. The molecule has 0 saturated heterocycles. The highest BCUT2D eigenvalue weighted by atomic mass is 16.5. The Bertz CT molecular complexity index is 341. The number of esters is 1. The van der Waals surface area contributed by atoms with Gasteiger partial charge in [-0.25, -0.2) is 9.97 Å². The number of hydrogen-bond acceptors (Lipinski definition) is 5. The molecule has 0 fully saturated rings. The van der Waals surface area contributed by atoms with Gasteiger partial charge in [-0.05, 0) is 19.9 Å². The fourth-order valence-corrected chi connectivity index (χ4v) is 1.18. The predicted octanol–water partition coefficient (Wildman–Crippen LogP) is 0.218. The number of aryl methyl sites for hydroxylation is 1. The van der Waals surface area contributed by atoms with Crippen LogP contribution in [-0.2, 0) is 16.0 Å². The first-order valence-corrected chi connectivity index (χ1v) is 4.84. The van der Waals surface area contributed by atoms with Gasteiger partial charge in [0.15, 0.2) is 0 Å². The molecule has 5 nitrogen and oxygen atoms in total. The van der Waals surface area contributed by atoms with E-state index in [-0.39, 0.29) is 0 Å². The van der Waals surface area contributed by atoms with Crippen molar-refractivity contribution < 1.29 is 9.53 Å². The fraction of sp³-hybridized carbons (Fsp3) is 0.500. The van der Waals surface area contributed by atoms with Crippen LogP contribution >= 0.6 is 0 Å². The first-order chi connectivity index (χ1) is 7.13. The minimum atomic E-state index is -0.653. The van der Waals surface area contributed by atoms with Crippen LogP contribution in [0, 0.1) is 6.92 Å². The Kier molecular flexibility index (Phi) is 4.17. The molecule has 0 radical (unpaired) electrons. The lowest BCUT2D eigenvalue weighted by Crippen LogP contribution is -2.34. The summed E-state index contributed by atoms with van der Waals surface area (Å²) in [6.07, 6.45) is 2.03. The second-order valence-electron chi connectivity index (χ2n) is 3.16. The van der Waals surface area contributed by atoms with E-state index in [1.165, 1.54) is 0 Å². The van der Waals surface area contributed by atoms with Gasteiger partial charge < -0.3 is 10.5 Å². The number of carbonyl (C=O) groups excluding carboxylic acids is 1. The number of nitrogens with two attached hydrogens (primary N) is 1. The van der Waals surface area contributed by atoms with Crippen molar-refractivity contribution in [1.82, 2.24) is 9.97 Å². The fourth-order valence-electron chi connectivity index (χ4n) is 1.18. The molecule has 1 aromatic heterocycles. The van der Waals surface area contributed by atoms with Gasteiger partial charge >= 0.3 is 5.97 Å². The highest BCUT2D eigenvalue weighted by Gasteiger charge is 2.15. The van der Waals surface area contributed by atoms with E-state index in [0.717, 1.165) is 5.69 Å². The summed E-state index contributed by atoms with van der Waals surface area (Å²) in [6.45, 7) is 3.88. The second kappa shape index (κ2) is 5.41. The molecule has 0 amide bonds. The summed E-state index contributed by atoms with van der Waals surface area (Å²) in [7, 11) is 0. The molecule has 1 atom stereocenters. The highest BCUT2D eigenvalue weighted by molar-refractivity contribution is 5.75. The lowest BCUT2D eigenvalue weighted by molar-refractivity contribution is -0.144. The average Bonchev–Trinajstić information content (AvgIpc) is 2.18. The highest BCUT2D eigenvalue weighted by Crippen LogP contribution is 2.00. The smallest absolute Gasteiger partial charge is 0.323 e. The first-order valence-electron chi connectivity index (χ1n) is 4.84. The van der Waals surface area contributed by atoms with Crippen molar-refractivity contribution in [2.75, 3.05) is 6.61 Å². The lowest BCUT2D eigenvalue weighted by Gasteiger charge is -2.09. The SMILES string of the molecule is CCOC(=O)C(N)Cc1ccnc(C)n1. The zero-order valence-electron chi connectivity index (χ0n) is 8.93. The van der Waals surface area contributed by atoms with Crippen LogP contribution < -0.4 is 5.73 Å². The van der Waals surface area contributed by atoms with Crippen LogP contribution in [0.25, 0.3) is 0 Å². The largest absolute Gasteiger partial charge is 0.465 e. The van der Waals surface area contributed by atoms with Crippen molar-refractivity contribution in [2.45, 2.75) is 26.3 Å². The maximum atomic E-state index is 11.2. The number of nitrogens with zero attached hydrogens (tertiary/aromatic N) is 2. The first kappa shape index (κ1) is 11.6. The normalized spacial score (nSPS) is 12.2. The Balaban J connectivity index is 2.58. The van der Waals surface area contributed by atoms with Crippen LogP contribution in [-0.4, -0.2) is 28.6 Å². The van der Waals surface area contributed by atoms with Crippen LogP contribution in [0.15, 0.2) is 12.3 Å². The van der Waals surface area contributed by atoms with E-state index in [1.54, 1.807) is 26.1 Å². The van der Waals surface area contributed by atoms with Crippen molar-refractivity contribution >= 4 is 5.97 Å². The molecule has 1 rings (SSSR count). The molecule has 0 aromatic carbocycles. The van der Waals surface area contributed by atoms with E-state index in [9.17, 15) is 4.79 Å². The summed E-state index contributed by atoms with van der Waals surface area (Å²) in [6, 6.07) is 1.09. The standard InChI is InChI=1S/C10H15N3O2/c1-3-15-10(14)9(11)6-8-4-5-12-7(2)13-8/h4-5,9H,3,6,11H2,1-2H3. The predicted molar refractivity (Wildman–Crippen MR) is 55.1 cm³/mol. The molecule has 0 aliphatic carbocycles. The van der Waals surface area contributed by atoms with Crippen LogP contribution in [0.5, 0.6) is 0 Å². The van der Waals surface area contributed by atoms with E-state index < -0.39 is 12.0 Å². The molecule has 0 aliphatic heterocycles. The van der Waals surface area contributed by atoms with Gasteiger partial charge in [0.2, 0.25) is 0 Å². The van der Waals surface area contributed by atoms with Gasteiger partial charge in [0, 0.05) is 18.3 Å². The number of aromatic nitrogens is 2. The molecular weight excluding hydrogens is 194 g/mol. The molecule has 0 aliphatic rings. The molecule has 0 bridgehead atoms. The Morgan fingerprint density at radius 1 is 1.67 bits per heavy atom. The Morgan fingerprint density at radius 3 is 3.00 bits per heavy atom. The number of rotatable bonds is 4. The molecule has 1 heterocycles. The summed E-state index contributed by atoms with van der Waals surface area (Å²) in [4.78, 5) is 19.4. The summed E-state index contributed by atoms with van der Waals surface area (Å²) in [5, 5.41) is 0. The third-order valence-electron chi connectivity index (χ3n) is 1.85. The molecular formula is C10H15N3O2. The molecule has 0 spiro atoms. The van der Waals surface area contributed by atoms with Crippen molar-refractivity contribution in [1.29, 1.82) is 0 Å². The average molecular weight is 209 g/mol. The summed E-state index contributed by atoms with van der Waals surface area (Å²) < 4.78 is 4.80. The molecule has 15 heavy (non-hydrogen) atoms. The van der Waals surface area contributed by atoms with E-state index in [4.69, 9.17) is 10.5 Å². The molecule has 1 aromatic rings. The van der Waals surface area contributed by atoms with Gasteiger partial charge in [0.25, 0.3) is 0 Å². The lowest BCUT2D eigenvalue weighted by atomic mass is 10.1. The Morgan fingerprint density at radius 2 is 2.40 bits per heavy atom. The number of hydrogen-bond donors (Lipinski definition) is 1. The molecule has 82 valence electrons. The van der Waals surface area contributed by atoms with E-state index in [0.29, 0.717) is 18.9 Å². The maximum Gasteiger partial charge on any atom is 0.323 e. The zero-order chi connectivity index (χ0) is 11.3. The minimum Gasteiger partial charge on any atom is -0.465 e. The van der Waals surface area contributed by atoms with Crippen LogP contribution in [0.1, 0.15) is 18.4 Å². The molecule has 0 saturated carbocycles.